The van der Waals surface area contributed by atoms with E-state index in [1.807, 2.05) is 18.2 Å². The molecule has 2 aliphatic rings. The van der Waals surface area contributed by atoms with Gasteiger partial charge >= 0.3 is 0 Å². The van der Waals surface area contributed by atoms with Crippen LogP contribution in [0.5, 0.6) is 0 Å². The minimum atomic E-state index is -0.372. The molecule has 1 atom stereocenters. The van der Waals surface area contributed by atoms with Crippen molar-refractivity contribution in [2.24, 2.45) is 5.92 Å². The maximum Gasteiger partial charge on any atom is 0.231 e. The highest BCUT2D eigenvalue weighted by Gasteiger charge is 2.35. The number of carbonyl (C=O) groups is 2. The van der Waals surface area contributed by atoms with Crippen LogP contribution in [-0.2, 0) is 16.1 Å². The van der Waals surface area contributed by atoms with E-state index in [-0.39, 0.29) is 24.2 Å². The van der Waals surface area contributed by atoms with Crippen molar-refractivity contribution in [1.29, 1.82) is 0 Å². The van der Waals surface area contributed by atoms with Crippen LogP contribution in [-0.4, -0.2) is 33.5 Å². The van der Waals surface area contributed by atoms with Gasteiger partial charge in [-0.15, -0.1) is 10.2 Å². The van der Waals surface area contributed by atoms with Crippen LogP contribution in [0, 0.1) is 5.92 Å². The summed E-state index contributed by atoms with van der Waals surface area (Å²) in [5.41, 5.74) is 0.886. The SMILES string of the molecule is O=C(Nc1nnc(C2CC2)s1)C1CC(=O)N(Cc2ccccc2Cl)C1. The third-order valence-corrected chi connectivity index (χ3v) is 5.87. The molecule has 1 saturated carbocycles. The number of nitrogens with zero attached hydrogens (tertiary/aromatic N) is 3. The van der Waals surface area contributed by atoms with Crippen molar-refractivity contribution < 1.29 is 9.59 Å². The highest BCUT2D eigenvalue weighted by Crippen LogP contribution is 2.42. The molecule has 2 fully saturated rings. The molecule has 1 unspecified atom stereocenters. The maximum atomic E-state index is 12.4. The maximum absolute atomic E-state index is 12.4. The Labute approximate surface area is 154 Å². The molecule has 1 saturated heterocycles. The fraction of sp³-hybridized carbons (Fsp3) is 0.412. The lowest BCUT2D eigenvalue weighted by atomic mass is 10.1. The van der Waals surface area contributed by atoms with E-state index in [2.05, 4.69) is 15.5 Å². The molecule has 8 heteroatoms. The number of carbonyl (C=O) groups excluding carboxylic acids is 2. The molecule has 2 amide bonds. The van der Waals surface area contributed by atoms with E-state index in [0.717, 1.165) is 23.4 Å². The molecule has 25 heavy (non-hydrogen) atoms. The Balaban J connectivity index is 1.37. The second-order valence-electron chi connectivity index (χ2n) is 6.48. The van der Waals surface area contributed by atoms with Crippen molar-refractivity contribution in [3.05, 3.63) is 39.9 Å². The fourth-order valence-electron chi connectivity index (χ4n) is 2.92. The van der Waals surface area contributed by atoms with Crippen molar-refractivity contribution in [3.63, 3.8) is 0 Å². The van der Waals surface area contributed by atoms with Gasteiger partial charge in [0.1, 0.15) is 5.01 Å². The molecular weight excluding hydrogens is 360 g/mol. The molecule has 1 aromatic carbocycles. The van der Waals surface area contributed by atoms with Crippen LogP contribution in [0.3, 0.4) is 0 Å². The number of hydrogen-bond acceptors (Lipinski definition) is 5. The van der Waals surface area contributed by atoms with Crippen LogP contribution in [0.2, 0.25) is 5.02 Å². The lowest BCUT2D eigenvalue weighted by molar-refractivity contribution is -0.128. The summed E-state index contributed by atoms with van der Waals surface area (Å²) >= 11 is 7.59. The highest BCUT2D eigenvalue weighted by atomic mass is 35.5. The van der Waals surface area contributed by atoms with Gasteiger partial charge < -0.3 is 10.2 Å². The lowest BCUT2D eigenvalue weighted by Gasteiger charge is -2.17. The smallest absolute Gasteiger partial charge is 0.231 e. The molecule has 2 heterocycles. The average molecular weight is 377 g/mol. The lowest BCUT2D eigenvalue weighted by Crippen LogP contribution is -2.28. The van der Waals surface area contributed by atoms with E-state index >= 15 is 0 Å². The van der Waals surface area contributed by atoms with E-state index in [1.165, 1.54) is 11.3 Å². The van der Waals surface area contributed by atoms with Crippen molar-refractivity contribution in [3.8, 4) is 0 Å². The molecule has 1 N–H and O–H groups in total. The van der Waals surface area contributed by atoms with Crippen LogP contribution in [0.25, 0.3) is 0 Å². The molecule has 130 valence electrons. The van der Waals surface area contributed by atoms with Crippen molar-refractivity contribution in [1.82, 2.24) is 15.1 Å². The third kappa shape index (κ3) is 3.67. The molecule has 4 rings (SSSR count). The Morgan fingerprint density at radius 2 is 2.12 bits per heavy atom. The van der Waals surface area contributed by atoms with E-state index in [4.69, 9.17) is 11.6 Å². The number of benzene rings is 1. The summed E-state index contributed by atoms with van der Waals surface area (Å²) in [6, 6.07) is 7.43. The topological polar surface area (TPSA) is 75.2 Å². The minimum absolute atomic E-state index is 0.0315. The molecule has 6 nitrogen and oxygen atoms in total. The molecule has 1 aromatic heterocycles. The van der Waals surface area contributed by atoms with Crippen LogP contribution >= 0.6 is 22.9 Å². The fourth-order valence-corrected chi connectivity index (χ4v) is 4.03. The van der Waals surface area contributed by atoms with Gasteiger partial charge in [0.2, 0.25) is 16.9 Å². The van der Waals surface area contributed by atoms with Gasteiger partial charge in [0.25, 0.3) is 0 Å². The normalized spacial score (nSPS) is 20.1. The highest BCUT2D eigenvalue weighted by molar-refractivity contribution is 7.15. The molecule has 0 spiro atoms. The predicted octanol–water partition coefficient (Wildman–Crippen LogP) is 3.06. The monoisotopic (exact) mass is 376 g/mol. The second-order valence-corrected chi connectivity index (χ2v) is 7.89. The standard InChI is InChI=1S/C17H17ClN4O2S/c18-13-4-2-1-3-11(13)8-22-9-12(7-14(22)23)15(24)19-17-21-20-16(25-17)10-5-6-10/h1-4,10,12H,5-9H2,(H,19,21,24). The zero-order valence-corrected chi connectivity index (χ0v) is 15.0. The molecule has 1 aliphatic heterocycles. The van der Waals surface area contributed by atoms with Crippen molar-refractivity contribution >= 4 is 39.9 Å². The van der Waals surface area contributed by atoms with Gasteiger partial charge in [-0.1, -0.05) is 41.1 Å². The average Bonchev–Trinajstić information content (AvgIpc) is 3.24. The third-order valence-electron chi connectivity index (χ3n) is 4.50. The number of aromatic nitrogens is 2. The van der Waals surface area contributed by atoms with Crippen molar-refractivity contribution in [2.75, 3.05) is 11.9 Å². The Kier molecular flexibility index (Phi) is 4.43. The molecule has 2 aromatic rings. The van der Waals surface area contributed by atoms with E-state index < -0.39 is 0 Å². The first-order valence-corrected chi connectivity index (χ1v) is 9.45. The first kappa shape index (κ1) is 16.5. The van der Waals surface area contributed by atoms with E-state index in [1.54, 1.807) is 11.0 Å². The number of likely N-dealkylation sites (tertiary alicyclic amines) is 1. The van der Waals surface area contributed by atoms with Gasteiger partial charge in [0.05, 0.1) is 5.92 Å². The zero-order valence-electron chi connectivity index (χ0n) is 13.4. The second kappa shape index (κ2) is 6.72. The van der Waals surface area contributed by atoms with Gasteiger partial charge in [-0.3, -0.25) is 9.59 Å². The summed E-state index contributed by atoms with van der Waals surface area (Å²) in [5.74, 6) is -0.0601. The van der Waals surface area contributed by atoms with Crippen molar-refractivity contribution in [2.45, 2.75) is 31.7 Å². The summed E-state index contributed by atoms with van der Waals surface area (Å²) in [4.78, 5) is 26.4. The van der Waals surface area contributed by atoms with Gasteiger partial charge in [-0.25, -0.2) is 0 Å². The number of anilines is 1. The number of halogens is 1. The Hall–Kier alpha value is -1.99. The van der Waals surface area contributed by atoms with Crippen LogP contribution in [0.4, 0.5) is 5.13 Å². The summed E-state index contributed by atoms with van der Waals surface area (Å²) in [6.45, 7) is 0.817. The first-order chi connectivity index (χ1) is 12.1. The van der Waals surface area contributed by atoms with Crippen LogP contribution in [0.1, 0.15) is 35.8 Å². The van der Waals surface area contributed by atoms with Gasteiger partial charge in [-0.2, -0.15) is 0 Å². The molecular formula is C17H17ClN4O2S. The first-order valence-electron chi connectivity index (χ1n) is 8.25. The Bertz CT molecular complexity index is 820. The van der Waals surface area contributed by atoms with Gasteiger partial charge in [0.15, 0.2) is 0 Å². The largest absolute Gasteiger partial charge is 0.337 e. The molecule has 0 bridgehead atoms. The predicted molar refractivity (Wildman–Crippen MR) is 95.5 cm³/mol. The Morgan fingerprint density at radius 1 is 1.32 bits per heavy atom. The molecule has 0 radical (unpaired) electrons. The number of amides is 2. The summed E-state index contributed by atoms with van der Waals surface area (Å²) < 4.78 is 0. The summed E-state index contributed by atoms with van der Waals surface area (Å²) in [6.07, 6.45) is 2.51. The number of rotatable bonds is 5. The summed E-state index contributed by atoms with van der Waals surface area (Å²) in [7, 11) is 0. The van der Waals surface area contributed by atoms with Gasteiger partial charge in [0, 0.05) is 30.5 Å². The minimum Gasteiger partial charge on any atom is -0.337 e. The van der Waals surface area contributed by atoms with Crippen LogP contribution < -0.4 is 5.32 Å². The quantitative estimate of drug-likeness (QED) is 0.870. The van der Waals surface area contributed by atoms with Gasteiger partial charge in [-0.05, 0) is 24.5 Å². The Morgan fingerprint density at radius 3 is 2.88 bits per heavy atom. The van der Waals surface area contributed by atoms with Crippen LogP contribution in [0.15, 0.2) is 24.3 Å². The van der Waals surface area contributed by atoms with E-state index in [0.29, 0.717) is 29.2 Å². The molecule has 1 aliphatic carbocycles. The summed E-state index contributed by atoms with van der Waals surface area (Å²) in [5, 5.41) is 13.1. The zero-order chi connectivity index (χ0) is 17.4. The number of nitrogens with one attached hydrogen (secondary N) is 1. The number of hydrogen-bond donors (Lipinski definition) is 1. The van der Waals surface area contributed by atoms with E-state index in [9.17, 15) is 9.59 Å².